The Balaban J connectivity index is 3.27. The van der Waals surface area contributed by atoms with E-state index in [1.54, 1.807) is 0 Å². The third kappa shape index (κ3) is 8.24. The van der Waals surface area contributed by atoms with E-state index in [0.29, 0.717) is 11.8 Å². The van der Waals surface area contributed by atoms with E-state index in [-0.39, 0.29) is 5.91 Å². The second-order valence-electron chi connectivity index (χ2n) is 4.02. The Hall–Kier alpha value is 0.137. The molecule has 12 heavy (non-hydrogen) atoms. The van der Waals surface area contributed by atoms with Crippen LogP contribution in [0.25, 0.3) is 0 Å². The van der Waals surface area contributed by atoms with Crippen molar-refractivity contribution in [1.29, 1.82) is 0 Å². The van der Waals surface area contributed by atoms with Gasteiger partial charge in [-0.15, -0.1) is 0 Å². The SMILES string of the molecule is CC(C)COC([SiH3])OCC(C)C. The Bertz CT molecular complexity index is 92.7. The van der Waals surface area contributed by atoms with E-state index in [1.165, 1.54) is 0 Å². The minimum atomic E-state index is 0.0785. The van der Waals surface area contributed by atoms with E-state index in [0.717, 1.165) is 23.5 Å². The highest BCUT2D eigenvalue weighted by molar-refractivity contribution is 6.10. The molecule has 0 aliphatic heterocycles. The lowest BCUT2D eigenvalue weighted by molar-refractivity contribution is -0.102. The van der Waals surface area contributed by atoms with Gasteiger partial charge in [0.1, 0.15) is 5.91 Å². The molecule has 0 amide bonds. The predicted octanol–water partition coefficient (Wildman–Crippen LogP) is 0.981. The van der Waals surface area contributed by atoms with Crippen molar-refractivity contribution in [3.63, 3.8) is 0 Å². The highest BCUT2D eigenvalue weighted by Crippen LogP contribution is 1.99. The average Bonchev–Trinajstić information content (AvgIpc) is 1.96. The molecule has 3 heteroatoms. The molecule has 0 radical (unpaired) electrons. The van der Waals surface area contributed by atoms with Crippen LogP contribution in [0.3, 0.4) is 0 Å². The molecular weight excluding hydrogens is 168 g/mol. The van der Waals surface area contributed by atoms with E-state index in [9.17, 15) is 0 Å². The molecule has 0 atom stereocenters. The number of rotatable bonds is 6. The van der Waals surface area contributed by atoms with Crippen LogP contribution < -0.4 is 0 Å². The topological polar surface area (TPSA) is 18.5 Å². The summed E-state index contributed by atoms with van der Waals surface area (Å²) in [7, 11) is 0.956. The van der Waals surface area contributed by atoms with Crippen molar-refractivity contribution in [2.45, 2.75) is 33.6 Å². The van der Waals surface area contributed by atoms with Crippen LogP contribution in [0.5, 0.6) is 0 Å². The molecule has 0 saturated heterocycles. The summed E-state index contributed by atoms with van der Waals surface area (Å²) in [5.74, 6) is 1.28. The minimum absolute atomic E-state index is 0.0785. The van der Waals surface area contributed by atoms with Crippen LogP contribution in [-0.4, -0.2) is 29.4 Å². The van der Waals surface area contributed by atoms with E-state index in [4.69, 9.17) is 9.47 Å². The van der Waals surface area contributed by atoms with Crippen molar-refractivity contribution in [2.24, 2.45) is 11.8 Å². The van der Waals surface area contributed by atoms with Gasteiger partial charge in [-0.2, -0.15) is 0 Å². The lowest BCUT2D eigenvalue weighted by Gasteiger charge is -2.16. The van der Waals surface area contributed by atoms with Gasteiger partial charge in [0.15, 0.2) is 0 Å². The molecule has 0 aliphatic carbocycles. The first kappa shape index (κ1) is 12.1. The third-order valence-corrected chi connectivity index (χ3v) is 2.00. The van der Waals surface area contributed by atoms with Gasteiger partial charge >= 0.3 is 0 Å². The van der Waals surface area contributed by atoms with Crippen LogP contribution in [0, 0.1) is 11.8 Å². The van der Waals surface area contributed by atoms with E-state index >= 15 is 0 Å². The van der Waals surface area contributed by atoms with E-state index in [2.05, 4.69) is 27.7 Å². The summed E-state index contributed by atoms with van der Waals surface area (Å²) in [6, 6.07) is 0. The highest BCUT2D eigenvalue weighted by atomic mass is 28.1. The highest BCUT2D eigenvalue weighted by Gasteiger charge is 2.04. The largest absolute Gasteiger partial charge is 0.357 e. The fraction of sp³-hybridized carbons (Fsp3) is 1.00. The maximum atomic E-state index is 5.49. The molecule has 0 saturated carbocycles. The maximum absolute atomic E-state index is 5.49. The molecule has 0 aliphatic rings. The molecule has 0 N–H and O–H groups in total. The Kier molecular flexibility index (Phi) is 6.71. The monoisotopic (exact) mass is 190 g/mol. The second kappa shape index (κ2) is 6.63. The van der Waals surface area contributed by atoms with Gasteiger partial charge in [-0.25, -0.2) is 0 Å². The summed E-state index contributed by atoms with van der Waals surface area (Å²) in [4.78, 5) is 0. The zero-order valence-corrected chi connectivity index (χ0v) is 11.0. The summed E-state index contributed by atoms with van der Waals surface area (Å²) in [5.41, 5.74) is 0. The lowest BCUT2D eigenvalue weighted by Crippen LogP contribution is -2.21. The molecule has 0 aromatic rings. The zero-order valence-electron chi connectivity index (χ0n) is 8.96. The summed E-state index contributed by atoms with van der Waals surface area (Å²) in [6.07, 6.45) is 0. The normalized spacial score (nSPS) is 12.2. The molecular formula is C9H22O2Si. The summed E-state index contributed by atoms with van der Waals surface area (Å²) in [6.45, 7) is 10.2. The van der Waals surface area contributed by atoms with Crippen molar-refractivity contribution in [1.82, 2.24) is 0 Å². The Morgan fingerprint density at radius 3 is 1.50 bits per heavy atom. The van der Waals surface area contributed by atoms with Gasteiger partial charge in [-0.1, -0.05) is 27.7 Å². The van der Waals surface area contributed by atoms with Gasteiger partial charge in [-0.3, -0.25) is 0 Å². The molecule has 2 nitrogen and oxygen atoms in total. The number of hydrogen-bond acceptors (Lipinski definition) is 2. The fourth-order valence-corrected chi connectivity index (χ4v) is 1.09. The first-order valence-corrected chi connectivity index (χ1v) is 5.91. The van der Waals surface area contributed by atoms with Crippen LogP contribution in [0.15, 0.2) is 0 Å². The second-order valence-corrected chi connectivity index (χ2v) is 4.96. The lowest BCUT2D eigenvalue weighted by atomic mass is 10.2. The van der Waals surface area contributed by atoms with Crippen LogP contribution >= 0.6 is 0 Å². The van der Waals surface area contributed by atoms with Crippen molar-refractivity contribution in [2.75, 3.05) is 13.2 Å². The van der Waals surface area contributed by atoms with Gasteiger partial charge < -0.3 is 9.47 Å². The molecule has 0 spiro atoms. The van der Waals surface area contributed by atoms with Crippen LogP contribution in [0.2, 0.25) is 0 Å². The number of hydrogen-bond donors (Lipinski definition) is 0. The van der Waals surface area contributed by atoms with Gasteiger partial charge in [0.05, 0.1) is 23.5 Å². The van der Waals surface area contributed by atoms with Crippen molar-refractivity contribution in [3.8, 4) is 0 Å². The van der Waals surface area contributed by atoms with E-state index in [1.807, 2.05) is 0 Å². The Labute approximate surface area is 79.1 Å². The van der Waals surface area contributed by atoms with Gasteiger partial charge in [-0.05, 0) is 11.8 Å². The summed E-state index contributed by atoms with van der Waals surface area (Å²) >= 11 is 0. The Morgan fingerprint density at radius 2 is 1.25 bits per heavy atom. The van der Waals surface area contributed by atoms with Crippen molar-refractivity contribution < 1.29 is 9.47 Å². The summed E-state index contributed by atoms with van der Waals surface area (Å²) < 4.78 is 11.0. The molecule has 0 rings (SSSR count). The molecule has 0 bridgehead atoms. The standard InChI is InChI=1S/C9H22O2Si/c1-7(2)5-10-9(12)11-6-8(3)4/h7-9H,5-6H2,1-4,12H3. The minimum Gasteiger partial charge on any atom is -0.357 e. The smallest absolute Gasteiger partial charge is 0.131 e. The third-order valence-electron chi connectivity index (χ3n) is 1.33. The molecule has 74 valence electrons. The van der Waals surface area contributed by atoms with Gasteiger partial charge in [0.2, 0.25) is 0 Å². The predicted molar refractivity (Wildman–Crippen MR) is 55.3 cm³/mol. The fourth-order valence-electron chi connectivity index (χ4n) is 0.704. The molecule has 0 unspecified atom stereocenters. The molecule has 0 aromatic carbocycles. The first-order valence-electron chi connectivity index (χ1n) is 4.75. The zero-order chi connectivity index (χ0) is 9.56. The van der Waals surface area contributed by atoms with Gasteiger partial charge in [0, 0.05) is 0 Å². The average molecular weight is 190 g/mol. The molecule has 0 fully saturated rings. The van der Waals surface area contributed by atoms with E-state index < -0.39 is 0 Å². The first-order chi connectivity index (χ1) is 5.52. The molecule has 0 aromatic heterocycles. The van der Waals surface area contributed by atoms with Gasteiger partial charge in [0.25, 0.3) is 0 Å². The molecule has 0 heterocycles. The quantitative estimate of drug-likeness (QED) is 0.459. The van der Waals surface area contributed by atoms with Crippen molar-refractivity contribution in [3.05, 3.63) is 0 Å². The van der Waals surface area contributed by atoms with Crippen LogP contribution in [-0.2, 0) is 9.47 Å². The van der Waals surface area contributed by atoms with Crippen LogP contribution in [0.1, 0.15) is 27.7 Å². The van der Waals surface area contributed by atoms with Crippen LogP contribution in [0.4, 0.5) is 0 Å². The maximum Gasteiger partial charge on any atom is 0.131 e. The summed E-state index contributed by atoms with van der Waals surface area (Å²) in [5, 5.41) is 0. The number of ether oxygens (including phenoxy) is 2. The van der Waals surface area contributed by atoms with Crippen molar-refractivity contribution >= 4 is 10.2 Å². The Morgan fingerprint density at radius 1 is 0.917 bits per heavy atom.